The van der Waals surface area contributed by atoms with Gasteiger partial charge >= 0.3 is 6.03 Å². The van der Waals surface area contributed by atoms with E-state index in [9.17, 15) is 9.59 Å². The van der Waals surface area contributed by atoms with Crippen LogP contribution in [0.5, 0.6) is 0 Å². The lowest BCUT2D eigenvalue weighted by Crippen LogP contribution is -2.52. The molecule has 2 aromatic carbocycles. The minimum Gasteiger partial charge on any atom is -0.328 e. The molecule has 0 spiro atoms. The molecule has 3 rings (SSSR count). The summed E-state index contributed by atoms with van der Waals surface area (Å²) in [5, 5.41) is 8.67. The summed E-state index contributed by atoms with van der Waals surface area (Å²) < 4.78 is 0. The predicted molar refractivity (Wildman–Crippen MR) is 94.9 cm³/mol. The molecule has 1 saturated carbocycles. The topological polar surface area (TPSA) is 70.2 Å². The predicted octanol–water partition coefficient (Wildman–Crippen LogP) is 3.85. The Labute approximate surface area is 141 Å². The van der Waals surface area contributed by atoms with E-state index in [-0.39, 0.29) is 17.5 Å². The van der Waals surface area contributed by atoms with Gasteiger partial charge in [0.15, 0.2) is 0 Å². The average Bonchev–Trinajstić information content (AvgIpc) is 2.53. The van der Waals surface area contributed by atoms with Crippen molar-refractivity contribution in [2.75, 3.05) is 10.6 Å². The Balaban J connectivity index is 1.64. The first-order valence-electron chi connectivity index (χ1n) is 8.10. The number of hydrogen-bond donors (Lipinski definition) is 3. The molecule has 1 aliphatic carbocycles. The summed E-state index contributed by atoms with van der Waals surface area (Å²) in [4.78, 5) is 23.4. The van der Waals surface area contributed by atoms with Gasteiger partial charge in [-0.2, -0.15) is 0 Å². The molecule has 2 aromatic rings. The smallest absolute Gasteiger partial charge is 0.319 e. The van der Waals surface area contributed by atoms with E-state index in [1.165, 1.54) is 6.92 Å². The Morgan fingerprint density at radius 3 is 1.96 bits per heavy atom. The highest BCUT2D eigenvalue weighted by atomic mass is 16.2. The molecule has 0 unspecified atom stereocenters. The fourth-order valence-corrected chi connectivity index (χ4v) is 2.99. The van der Waals surface area contributed by atoms with Gasteiger partial charge in [-0.25, -0.2) is 4.79 Å². The molecular formula is C19H21N3O2. The molecule has 0 saturated heterocycles. The number of amides is 3. The quantitative estimate of drug-likeness (QED) is 0.800. The number of benzene rings is 2. The van der Waals surface area contributed by atoms with Crippen LogP contribution in [0, 0.1) is 0 Å². The van der Waals surface area contributed by atoms with E-state index in [1.807, 2.05) is 18.2 Å². The minimum absolute atomic E-state index is 0.122. The lowest BCUT2D eigenvalue weighted by Gasteiger charge is -2.43. The maximum atomic E-state index is 12.4. The van der Waals surface area contributed by atoms with Crippen molar-refractivity contribution in [1.82, 2.24) is 5.32 Å². The Bertz CT molecular complexity index is 722. The van der Waals surface area contributed by atoms with Crippen molar-refractivity contribution in [3.05, 3.63) is 60.2 Å². The third kappa shape index (κ3) is 3.56. The van der Waals surface area contributed by atoms with Gasteiger partial charge in [-0.15, -0.1) is 0 Å². The summed E-state index contributed by atoms with van der Waals surface area (Å²) in [5.74, 6) is -0.122. The number of urea groups is 1. The molecule has 5 heteroatoms. The van der Waals surface area contributed by atoms with E-state index in [0.29, 0.717) is 11.4 Å². The van der Waals surface area contributed by atoms with Crippen LogP contribution in [0.15, 0.2) is 54.6 Å². The maximum Gasteiger partial charge on any atom is 0.319 e. The van der Waals surface area contributed by atoms with Crippen LogP contribution in [-0.4, -0.2) is 11.9 Å². The summed E-state index contributed by atoms with van der Waals surface area (Å²) in [6.45, 7) is 1.46. The van der Waals surface area contributed by atoms with Crippen molar-refractivity contribution in [3.63, 3.8) is 0 Å². The van der Waals surface area contributed by atoms with Crippen molar-refractivity contribution in [3.8, 4) is 0 Å². The lowest BCUT2D eigenvalue weighted by molar-refractivity contribution is -0.114. The van der Waals surface area contributed by atoms with Gasteiger partial charge in [-0.3, -0.25) is 4.79 Å². The van der Waals surface area contributed by atoms with Gasteiger partial charge in [0.1, 0.15) is 0 Å². The SMILES string of the molecule is CC(=O)Nc1ccc(NC(=O)NC2(c3ccccc3)CCC2)cc1. The number of hydrogen-bond acceptors (Lipinski definition) is 2. The zero-order chi connectivity index (χ0) is 17.0. The Morgan fingerprint density at radius 1 is 0.875 bits per heavy atom. The minimum atomic E-state index is -0.262. The van der Waals surface area contributed by atoms with Crippen molar-refractivity contribution in [1.29, 1.82) is 0 Å². The van der Waals surface area contributed by atoms with Crippen LogP contribution >= 0.6 is 0 Å². The van der Waals surface area contributed by atoms with Crippen molar-refractivity contribution in [2.45, 2.75) is 31.7 Å². The molecular weight excluding hydrogens is 302 g/mol. The van der Waals surface area contributed by atoms with E-state index in [4.69, 9.17) is 0 Å². The highest BCUT2D eigenvalue weighted by molar-refractivity contribution is 5.91. The van der Waals surface area contributed by atoms with Crippen LogP contribution in [0.3, 0.4) is 0 Å². The van der Waals surface area contributed by atoms with Crippen LogP contribution in [0.1, 0.15) is 31.7 Å². The third-order valence-corrected chi connectivity index (χ3v) is 4.35. The van der Waals surface area contributed by atoms with Gasteiger partial charge in [-0.05, 0) is 49.1 Å². The Hall–Kier alpha value is -2.82. The lowest BCUT2D eigenvalue weighted by atomic mass is 9.72. The number of anilines is 2. The molecule has 0 bridgehead atoms. The summed E-state index contributed by atoms with van der Waals surface area (Å²) in [5.41, 5.74) is 2.27. The van der Waals surface area contributed by atoms with Crippen molar-refractivity contribution >= 4 is 23.3 Å². The van der Waals surface area contributed by atoms with E-state index in [1.54, 1.807) is 24.3 Å². The largest absolute Gasteiger partial charge is 0.328 e. The van der Waals surface area contributed by atoms with Crippen LogP contribution < -0.4 is 16.0 Å². The van der Waals surface area contributed by atoms with Crippen LogP contribution in [0.4, 0.5) is 16.2 Å². The molecule has 0 aromatic heterocycles. The van der Waals surface area contributed by atoms with Gasteiger partial charge in [0.25, 0.3) is 0 Å². The molecule has 3 N–H and O–H groups in total. The number of carbonyl (C=O) groups is 2. The first-order chi connectivity index (χ1) is 11.6. The summed E-state index contributed by atoms with van der Waals surface area (Å²) in [6, 6.07) is 16.9. The third-order valence-electron chi connectivity index (χ3n) is 4.35. The van der Waals surface area contributed by atoms with Gasteiger partial charge < -0.3 is 16.0 Å². The van der Waals surface area contributed by atoms with Gasteiger partial charge in [0.2, 0.25) is 5.91 Å². The van der Waals surface area contributed by atoms with Crippen LogP contribution in [-0.2, 0) is 10.3 Å². The average molecular weight is 323 g/mol. The zero-order valence-corrected chi connectivity index (χ0v) is 13.6. The second kappa shape index (κ2) is 6.74. The molecule has 0 atom stereocenters. The molecule has 0 aliphatic heterocycles. The van der Waals surface area contributed by atoms with E-state index < -0.39 is 0 Å². The van der Waals surface area contributed by atoms with Crippen molar-refractivity contribution < 1.29 is 9.59 Å². The second-order valence-corrected chi connectivity index (χ2v) is 6.14. The van der Waals surface area contributed by atoms with Crippen molar-refractivity contribution in [2.24, 2.45) is 0 Å². The maximum absolute atomic E-state index is 12.4. The Kier molecular flexibility index (Phi) is 4.51. The van der Waals surface area contributed by atoms with E-state index >= 15 is 0 Å². The van der Waals surface area contributed by atoms with Crippen LogP contribution in [0.25, 0.3) is 0 Å². The van der Waals surface area contributed by atoms with Gasteiger partial charge in [-0.1, -0.05) is 30.3 Å². The summed E-state index contributed by atoms with van der Waals surface area (Å²) in [7, 11) is 0. The zero-order valence-electron chi connectivity index (χ0n) is 13.6. The molecule has 0 radical (unpaired) electrons. The summed E-state index contributed by atoms with van der Waals surface area (Å²) >= 11 is 0. The monoisotopic (exact) mass is 323 g/mol. The second-order valence-electron chi connectivity index (χ2n) is 6.14. The fourth-order valence-electron chi connectivity index (χ4n) is 2.99. The summed E-state index contributed by atoms with van der Waals surface area (Å²) in [6.07, 6.45) is 3.01. The fraction of sp³-hybridized carbons (Fsp3) is 0.263. The standard InChI is InChI=1S/C19H21N3O2/c1-14(23)20-16-8-10-17(11-9-16)21-18(24)22-19(12-5-13-19)15-6-3-2-4-7-15/h2-4,6-11H,5,12-13H2,1H3,(H,20,23)(H2,21,22,24). The molecule has 5 nitrogen and oxygen atoms in total. The normalized spacial score (nSPS) is 15.0. The highest BCUT2D eigenvalue weighted by Crippen LogP contribution is 2.41. The van der Waals surface area contributed by atoms with E-state index in [0.717, 1.165) is 24.8 Å². The molecule has 124 valence electrons. The number of carbonyl (C=O) groups excluding carboxylic acids is 2. The number of rotatable bonds is 4. The van der Waals surface area contributed by atoms with Gasteiger partial charge in [0, 0.05) is 18.3 Å². The Morgan fingerprint density at radius 2 is 1.46 bits per heavy atom. The van der Waals surface area contributed by atoms with E-state index in [2.05, 4.69) is 28.1 Å². The molecule has 1 aliphatic rings. The molecule has 0 heterocycles. The highest BCUT2D eigenvalue weighted by Gasteiger charge is 2.39. The molecule has 24 heavy (non-hydrogen) atoms. The first-order valence-corrected chi connectivity index (χ1v) is 8.10. The first kappa shape index (κ1) is 16.1. The number of nitrogens with one attached hydrogen (secondary N) is 3. The van der Waals surface area contributed by atoms with Crippen LogP contribution in [0.2, 0.25) is 0 Å². The van der Waals surface area contributed by atoms with Gasteiger partial charge in [0.05, 0.1) is 5.54 Å². The molecule has 3 amide bonds. The molecule has 1 fully saturated rings.